The van der Waals surface area contributed by atoms with E-state index < -0.39 is 0 Å². The zero-order chi connectivity index (χ0) is 24.1. The van der Waals surface area contributed by atoms with Crippen molar-refractivity contribution in [1.29, 1.82) is 0 Å². The Balaban J connectivity index is 1.46. The highest BCUT2D eigenvalue weighted by Crippen LogP contribution is 2.34. The van der Waals surface area contributed by atoms with Gasteiger partial charge in [-0.05, 0) is 44.0 Å². The zero-order valence-electron chi connectivity index (χ0n) is 19.0. The summed E-state index contributed by atoms with van der Waals surface area (Å²) in [6.45, 7) is 3.27. The van der Waals surface area contributed by atoms with Crippen LogP contribution in [0.2, 0.25) is 5.02 Å². The van der Waals surface area contributed by atoms with Crippen LogP contribution in [-0.4, -0.2) is 50.9 Å². The molecule has 1 fully saturated rings. The van der Waals surface area contributed by atoms with Gasteiger partial charge in [0.25, 0.3) is 5.91 Å². The number of nitrogens with zero attached hydrogens (tertiary/aromatic N) is 4. The van der Waals surface area contributed by atoms with Gasteiger partial charge in [-0.25, -0.2) is 0 Å². The van der Waals surface area contributed by atoms with Crippen LogP contribution in [0.1, 0.15) is 42.0 Å². The van der Waals surface area contributed by atoms with Crippen molar-refractivity contribution in [2.45, 2.75) is 37.5 Å². The molecule has 0 radical (unpaired) electrons. The van der Waals surface area contributed by atoms with Crippen LogP contribution in [0.4, 0.5) is 5.69 Å². The number of amides is 2. The second kappa shape index (κ2) is 10.9. The van der Waals surface area contributed by atoms with Crippen LogP contribution in [0.25, 0.3) is 0 Å². The summed E-state index contributed by atoms with van der Waals surface area (Å²) in [5, 5.41) is 12.7. The number of hydrogen-bond acceptors (Lipinski definition) is 6. The number of nitrogens with one attached hydrogen (secondary N) is 1. The van der Waals surface area contributed by atoms with Gasteiger partial charge in [0.1, 0.15) is 5.75 Å². The molecule has 2 heterocycles. The summed E-state index contributed by atoms with van der Waals surface area (Å²) in [4.78, 5) is 27.5. The van der Waals surface area contributed by atoms with E-state index in [1.54, 1.807) is 25.3 Å². The predicted molar refractivity (Wildman–Crippen MR) is 133 cm³/mol. The number of carbonyl (C=O) groups is 2. The van der Waals surface area contributed by atoms with Gasteiger partial charge in [0.05, 0.1) is 29.5 Å². The van der Waals surface area contributed by atoms with E-state index in [2.05, 4.69) is 15.5 Å². The minimum absolute atomic E-state index is 0.106. The van der Waals surface area contributed by atoms with Gasteiger partial charge in [0.2, 0.25) is 5.91 Å². The number of carbonyl (C=O) groups excluding carboxylic acids is 2. The molecule has 0 bridgehead atoms. The first kappa shape index (κ1) is 24.1. The van der Waals surface area contributed by atoms with Gasteiger partial charge in [-0.1, -0.05) is 41.6 Å². The third kappa shape index (κ3) is 5.20. The molecule has 1 atom stereocenters. The molecular formula is C24H26ClN5O3S. The van der Waals surface area contributed by atoms with E-state index in [4.69, 9.17) is 16.3 Å². The number of aromatic nitrogens is 3. The Hall–Kier alpha value is -3.04. The maximum atomic E-state index is 13.2. The van der Waals surface area contributed by atoms with Gasteiger partial charge in [-0.2, -0.15) is 0 Å². The highest BCUT2D eigenvalue weighted by atomic mass is 35.5. The molecule has 1 aliphatic rings. The van der Waals surface area contributed by atoms with Crippen molar-refractivity contribution in [3.63, 3.8) is 0 Å². The maximum absolute atomic E-state index is 13.2. The lowest BCUT2D eigenvalue weighted by atomic mass is 10.1. The number of thioether (sulfide) groups is 1. The second-order valence-electron chi connectivity index (χ2n) is 7.79. The van der Waals surface area contributed by atoms with Crippen LogP contribution in [-0.2, 0) is 11.3 Å². The van der Waals surface area contributed by atoms with E-state index in [0.29, 0.717) is 40.3 Å². The largest absolute Gasteiger partial charge is 0.497 e. The van der Waals surface area contributed by atoms with Crippen LogP contribution >= 0.6 is 23.4 Å². The number of hydrogen-bond donors (Lipinski definition) is 1. The first-order valence-electron chi connectivity index (χ1n) is 11.1. The average Bonchev–Trinajstić information content (AvgIpc) is 3.49. The van der Waals surface area contributed by atoms with Crippen molar-refractivity contribution in [2.75, 3.05) is 24.7 Å². The number of ether oxygens (including phenoxy) is 1. The first-order chi connectivity index (χ1) is 16.5. The Bertz CT molecular complexity index is 1180. The Morgan fingerprint density at radius 1 is 1.21 bits per heavy atom. The van der Waals surface area contributed by atoms with Crippen molar-refractivity contribution in [3.05, 3.63) is 64.9 Å². The number of benzene rings is 2. The summed E-state index contributed by atoms with van der Waals surface area (Å²) in [5.74, 6) is 1.33. The smallest absolute Gasteiger partial charge is 0.255 e. The van der Waals surface area contributed by atoms with Crippen molar-refractivity contribution in [2.24, 2.45) is 0 Å². The van der Waals surface area contributed by atoms with Gasteiger partial charge < -0.3 is 19.5 Å². The number of likely N-dealkylation sites (tertiary alicyclic amines) is 1. The molecule has 8 nitrogen and oxygen atoms in total. The standard InChI is InChI=1S/C24H26ClN5O3S/c1-3-29-22(20-12-7-13-30(20)23(32)18-10-4-5-11-19(18)25)27-28-24(29)34-15-21(31)26-16-8-6-9-17(14-16)33-2/h4-6,8-11,14,20H,3,7,12-13,15H2,1-2H3,(H,26,31). The second-order valence-corrected chi connectivity index (χ2v) is 9.14. The third-order valence-electron chi connectivity index (χ3n) is 5.66. The van der Waals surface area contributed by atoms with Crippen molar-refractivity contribution < 1.29 is 14.3 Å². The lowest BCUT2D eigenvalue weighted by Crippen LogP contribution is -2.32. The Morgan fingerprint density at radius 3 is 2.79 bits per heavy atom. The minimum Gasteiger partial charge on any atom is -0.497 e. The Morgan fingerprint density at radius 2 is 2.03 bits per heavy atom. The molecule has 10 heteroatoms. The highest BCUT2D eigenvalue weighted by Gasteiger charge is 2.35. The fourth-order valence-corrected chi connectivity index (χ4v) is 5.07. The summed E-state index contributed by atoms with van der Waals surface area (Å²) < 4.78 is 7.17. The molecule has 2 amide bonds. The lowest BCUT2D eigenvalue weighted by molar-refractivity contribution is -0.113. The van der Waals surface area contributed by atoms with Crippen LogP contribution in [0.5, 0.6) is 5.75 Å². The minimum atomic E-state index is -0.184. The maximum Gasteiger partial charge on any atom is 0.255 e. The summed E-state index contributed by atoms with van der Waals surface area (Å²) in [5.41, 5.74) is 1.16. The van der Waals surface area contributed by atoms with Crippen LogP contribution in [0, 0.1) is 0 Å². The topological polar surface area (TPSA) is 89.3 Å². The Kier molecular flexibility index (Phi) is 7.74. The molecule has 34 heavy (non-hydrogen) atoms. The molecule has 0 spiro atoms. The van der Waals surface area contributed by atoms with E-state index in [1.165, 1.54) is 11.8 Å². The quantitative estimate of drug-likeness (QED) is 0.453. The monoisotopic (exact) mass is 499 g/mol. The van der Waals surface area contributed by atoms with Gasteiger partial charge >= 0.3 is 0 Å². The summed E-state index contributed by atoms with van der Waals surface area (Å²) in [6.07, 6.45) is 1.68. The number of halogens is 1. The molecule has 178 valence electrons. The first-order valence-corrected chi connectivity index (χ1v) is 12.4. The molecular weight excluding hydrogens is 474 g/mol. The van der Waals surface area contributed by atoms with Gasteiger partial charge in [0.15, 0.2) is 11.0 Å². The van der Waals surface area contributed by atoms with Crippen molar-refractivity contribution in [3.8, 4) is 5.75 Å². The van der Waals surface area contributed by atoms with E-state index >= 15 is 0 Å². The number of methoxy groups -OCH3 is 1. The Labute approximate surface area is 207 Å². The molecule has 0 aliphatic carbocycles. The molecule has 1 aromatic heterocycles. The molecule has 1 aliphatic heterocycles. The van der Waals surface area contributed by atoms with E-state index in [1.807, 2.05) is 46.7 Å². The fraction of sp³-hybridized carbons (Fsp3) is 0.333. The van der Waals surface area contributed by atoms with Crippen molar-refractivity contribution >= 4 is 40.9 Å². The summed E-state index contributed by atoms with van der Waals surface area (Å²) >= 11 is 7.59. The van der Waals surface area contributed by atoms with Crippen LogP contribution < -0.4 is 10.1 Å². The molecule has 4 rings (SSSR count). The molecule has 3 aromatic rings. The SMILES string of the molecule is CCn1c(SCC(=O)Nc2cccc(OC)c2)nnc1C1CCCN1C(=O)c1ccccc1Cl. The highest BCUT2D eigenvalue weighted by molar-refractivity contribution is 7.99. The van der Waals surface area contributed by atoms with E-state index in [9.17, 15) is 9.59 Å². The molecule has 0 saturated carbocycles. The fourth-order valence-electron chi connectivity index (χ4n) is 4.05. The summed E-state index contributed by atoms with van der Waals surface area (Å²) in [7, 11) is 1.58. The number of rotatable bonds is 8. The van der Waals surface area contributed by atoms with Gasteiger partial charge in [-0.15, -0.1) is 10.2 Å². The van der Waals surface area contributed by atoms with Crippen molar-refractivity contribution in [1.82, 2.24) is 19.7 Å². The van der Waals surface area contributed by atoms with Gasteiger partial charge in [-0.3, -0.25) is 9.59 Å². The molecule has 1 saturated heterocycles. The average molecular weight is 500 g/mol. The third-order valence-corrected chi connectivity index (χ3v) is 6.96. The zero-order valence-corrected chi connectivity index (χ0v) is 20.6. The summed E-state index contributed by atoms with van der Waals surface area (Å²) in [6, 6.07) is 14.1. The number of anilines is 1. The predicted octanol–water partition coefficient (Wildman–Crippen LogP) is 4.67. The van der Waals surface area contributed by atoms with E-state index in [0.717, 1.165) is 18.7 Å². The molecule has 2 aromatic carbocycles. The van der Waals surface area contributed by atoms with Crippen LogP contribution in [0.15, 0.2) is 53.7 Å². The molecule has 1 unspecified atom stereocenters. The van der Waals surface area contributed by atoms with E-state index in [-0.39, 0.29) is 23.6 Å². The van der Waals surface area contributed by atoms with Crippen LogP contribution in [0.3, 0.4) is 0 Å². The molecule has 1 N–H and O–H groups in total. The van der Waals surface area contributed by atoms with Gasteiger partial charge in [0, 0.05) is 24.8 Å². The normalized spacial score (nSPS) is 15.4. The lowest BCUT2D eigenvalue weighted by Gasteiger charge is -2.25.